The Balaban J connectivity index is 2.75. The van der Waals surface area contributed by atoms with Crippen molar-refractivity contribution in [2.24, 2.45) is 0 Å². The molecule has 0 atom stereocenters. The van der Waals surface area contributed by atoms with E-state index in [1.165, 1.54) is 23.7 Å². The minimum absolute atomic E-state index is 0.151. The quantitative estimate of drug-likeness (QED) is 0.729. The molecule has 1 aromatic rings. The summed E-state index contributed by atoms with van der Waals surface area (Å²) in [6.07, 6.45) is 1.49. The molecular weight excluding hydrogens is 227 g/mol. The van der Waals surface area contributed by atoms with Gasteiger partial charge in [-0.05, 0) is 18.2 Å². The molecule has 0 heterocycles. The van der Waals surface area contributed by atoms with Crippen LogP contribution in [-0.4, -0.2) is 13.6 Å². The highest BCUT2D eigenvalue weighted by Crippen LogP contribution is 2.14. The molecule has 1 nitrogen and oxygen atoms in total. The second kappa shape index (κ2) is 5.12. The Hall–Kier alpha value is -1.10. The van der Waals surface area contributed by atoms with Crippen LogP contribution in [-0.2, 0) is 0 Å². The zero-order chi connectivity index (χ0) is 11.3. The summed E-state index contributed by atoms with van der Waals surface area (Å²) in [5.74, 6) is 0.182. The Morgan fingerprint density at radius 1 is 1.33 bits per heavy atom. The molecule has 0 saturated carbocycles. The molecule has 0 fully saturated rings. The number of hydrogen-bond donors (Lipinski definition) is 0. The van der Waals surface area contributed by atoms with E-state index in [4.69, 9.17) is 16.3 Å². The van der Waals surface area contributed by atoms with E-state index in [0.717, 1.165) is 12.1 Å². The van der Waals surface area contributed by atoms with Gasteiger partial charge in [0.1, 0.15) is 12.4 Å². The van der Waals surface area contributed by atoms with Crippen molar-refractivity contribution in [3.63, 3.8) is 0 Å². The first-order valence-corrected chi connectivity index (χ1v) is 4.65. The maximum atomic E-state index is 12.3. The number of halogens is 4. The molecule has 6 heteroatoms. The van der Waals surface area contributed by atoms with Gasteiger partial charge >= 0.3 is 6.98 Å². The van der Waals surface area contributed by atoms with Gasteiger partial charge < -0.3 is 17.7 Å². The molecule has 0 amide bonds. The third-order valence-corrected chi connectivity index (χ3v) is 1.85. The van der Waals surface area contributed by atoms with E-state index in [1.54, 1.807) is 0 Å². The van der Waals surface area contributed by atoms with Crippen LogP contribution in [0.1, 0.15) is 0 Å². The van der Waals surface area contributed by atoms with Crippen LogP contribution in [0.5, 0.6) is 5.75 Å². The Labute approximate surface area is 90.6 Å². The van der Waals surface area contributed by atoms with Crippen molar-refractivity contribution in [3.05, 3.63) is 35.9 Å². The number of ether oxygens (including phenoxy) is 1. The Bertz CT molecular complexity index is 351. The van der Waals surface area contributed by atoms with Crippen LogP contribution in [0.2, 0.25) is 0 Å². The van der Waals surface area contributed by atoms with Crippen molar-refractivity contribution in [2.75, 3.05) is 6.61 Å². The van der Waals surface area contributed by atoms with Gasteiger partial charge in [0, 0.05) is 5.54 Å². The van der Waals surface area contributed by atoms with E-state index in [-0.39, 0.29) is 12.4 Å². The zero-order valence-corrected chi connectivity index (χ0v) is 8.42. The predicted molar refractivity (Wildman–Crippen MR) is 55.6 cm³/mol. The standard InChI is InChI=1S/C9H8BClF3O/c11-5-2-6-15-9-4-1-3-8(7-9)10(12,13)14/h1-5,7H,6H2/q-1/b5-2+. The minimum atomic E-state index is -4.97. The summed E-state index contributed by atoms with van der Waals surface area (Å²) in [4.78, 5) is 0. The van der Waals surface area contributed by atoms with Crippen LogP contribution in [0, 0.1) is 0 Å². The number of rotatable bonds is 4. The molecule has 0 aliphatic carbocycles. The van der Waals surface area contributed by atoms with Gasteiger partial charge in [0.15, 0.2) is 0 Å². The number of hydrogen-bond acceptors (Lipinski definition) is 1. The Morgan fingerprint density at radius 2 is 2.07 bits per heavy atom. The molecule has 1 aromatic carbocycles. The summed E-state index contributed by atoms with van der Waals surface area (Å²) >= 11 is 5.23. The summed E-state index contributed by atoms with van der Waals surface area (Å²) < 4.78 is 42.0. The molecule has 0 saturated heterocycles. The van der Waals surface area contributed by atoms with E-state index in [2.05, 4.69) is 0 Å². The summed E-state index contributed by atoms with van der Waals surface area (Å²) in [5, 5.41) is 0. The fourth-order valence-electron chi connectivity index (χ4n) is 0.989. The molecule has 0 aliphatic heterocycles. The topological polar surface area (TPSA) is 9.23 Å². The van der Waals surface area contributed by atoms with Crippen molar-refractivity contribution < 1.29 is 17.7 Å². The maximum Gasteiger partial charge on any atom is 0.509 e. The lowest BCUT2D eigenvalue weighted by Crippen LogP contribution is -2.33. The molecule has 82 valence electrons. The third-order valence-electron chi connectivity index (χ3n) is 1.67. The van der Waals surface area contributed by atoms with E-state index in [0.29, 0.717) is 0 Å². The lowest BCUT2D eigenvalue weighted by Gasteiger charge is -2.15. The summed E-state index contributed by atoms with van der Waals surface area (Å²) in [7, 11) is 0. The van der Waals surface area contributed by atoms with Gasteiger partial charge in [0.05, 0.1) is 0 Å². The maximum absolute atomic E-state index is 12.3. The largest absolute Gasteiger partial charge is 0.509 e. The molecule has 0 bridgehead atoms. The SMILES string of the molecule is F[B-](F)(F)c1cccc(OC/C=C/Cl)c1. The Morgan fingerprint density at radius 3 is 2.67 bits per heavy atom. The monoisotopic (exact) mass is 235 g/mol. The molecule has 0 spiro atoms. The van der Waals surface area contributed by atoms with E-state index in [9.17, 15) is 12.9 Å². The van der Waals surface area contributed by atoms with Gasteiger partial charge in [-0.25, -0.2) is 0 Å². The van der Waals surface area contributed by atoms with Crippen LogP contribution >= 0.6 is 11.6 Å². The first kappa shape index (κ1) is 12.0. The van der Waals surface area contributed by atoms with Gasteiger partial charge in [-0.15, -0.1) is 5.46 Å². The first-order valence-electron chi connectivity index (χ1n) is 4.22. The van der Waals surface area contributed by atoms with Crippen molar-refractivity contribution >= 4 is 24.0 Å². The summed E-state index contributed by atoms with van der Waals surface area (Å²) in [6, 6.07) is 4.77. The van der Waals surface area contributed by atoms with E-state index in [1.807, 2.05) is 0 Å². The van der Waals surface area contributed by atoms with Gasteiger partial charge in [0.25, 0.3) is 0 Å². The average Bonchev–Trinajstić information content (AvgIpc) is 2.17. The minimum Gasteiger partial charge on any atom is -0.490 e. The van der Waals surface area contributed by atoms with Crippen molar-refractivity contribution in [2.45, 2.75) is 0 Å². The van der Waals surface area contributed by atoms with Crippen LogP contribution < -0.4 is 10.2 Å². The van der Waals surface area contributed by atoms with Gasteiger partial charge in [0.2, 0.25) is 0 Å². The molecule has 1 rings (SSSR count). The zero-order valence-electron chi connectivity index (χ0n) is 7.67. The lowest BCUT2D eigenvalue weighted by molar-refractivity contribution is 0.363. The molecule has 0 aliphatic rings. The van der Waals surface area contributed by atoms with Crippen LogP contribution in [0.25, 0.3) is 0 Å². The first-order chi connectivity index (χ1) is 7.04. The van der Waals surface area contributed by atoms with Gasteiger partial charge in [-0.1, -0.05) is 23.7 Å². The molecular formula is C9H8BClF3O-. The van der Waals surface area contributed by atoms with E-state index >= 15 is 0 Å². The van der Waals surface area contributed by atoms with Crippen LogP contribution in [0.15, 0.2) is 35.9 Å². The third kappa shape index (κ3) is 3.87. The van der Waals surface area contributed by atoms with Crippen molar-refractivity contribution in [1.82, 2.24) is 0 Å². The van der Waals surface area contributed by atoms with E-state index < -0.39 is 12.4 Å². The second-order valence-corrected chi connectivity index (χ2v) is 3.07. The van der Waals surface area contributed by atoms with Crippen molar-refractivity contribution in [1.29, 1.82) is 0 Å². The van der Waals surface area contributed by atoms with Crippen LogP contribution in [0.4, 0.5) is 12.9 Å². The summed E-state index contributed by atoms with van der Waals surface area (Å²) in [5.41, 5.74) is 0.583. The normalized spacial score (nSPS) is 12.0. The fraction of sp³-hybridized carbons (Fsp3) is 0.111. The van der Waals surface area contributed by atoms with Crippen LogP contribution in [0.3, 0.4) is 0 Å². The molecule has 15 heavy (non-hydrogen) atoms. The average molecular weight is 235 g/mol. The second-order valence-electron chi connectivity index (χ2n) is 2.82. The van der Waals surface area contributed by atoms with Gasteiger partial charge in [-0.3, -0.25) is 0 Å². The molecule has 0 unspecified atom stereocenters. The smallest absolute Gasteiger partial charge is 0.490 e. The fourth-order valence-corrected chi connectivity index (χ4v) is 1.06. The Kier molecular flexibility index (Phi) is 4.09. The van der Waals surface area contributed by atoms with Crippen molar-refractivity contribution in [3.8, 4) is 5.75 Å². The molecule has 0 aromatic heterocycles. The number of benzene rings is 1. The molecule has 0 radical (unpaired) electrons. The predicted octanol–water partition coefficient (Wildman–Crippen LogP) is 2.87. The highest BCUT2D eigenvalue weighted by atomic mass is 35.5. The van der Waals surface area contributed by atoms with Gasteiger partial charge in [-0.2, -0.15) is 0 Å². The molecule has 0 N–H and O–H groups in total. The highest BCUT2D eigenvalue weighted by molar-refractivity contribution is 6.73. The highest BCUT2D eigenvalue weighted by Gasteiger charge is 2.25. The summed E-state index contributed by atoms with van der Waals surface area (Å²) in [6.45, 7) is -4.82. The lowest BCUT2D eigenvalue weighted by atomic mass is 9.80.